The Morgan fingerprint density at radius 1 is 1.29 bits per heavy atom. The Morgan fingerprint density at radius 2 is 1.82 bits per heavy atom. The van der Waals surface area contributed by atoms with Crippen LogP contribution in [0.5, 0.6) is 0 Å². The highest BCUT2D eigenvalue weighted by molar-refractivity contribution is 5.82. The van der Waals surface area contributed by atoms with E-state index in [1.54, 1.807) is 0 Å². The summed E-state index contributed by atoms with van der Waals surface area (Å²) in [4.78, 5) is 22.5. The fraction of sp³-hybridized carbons (Fsp3) is 0.833. The van der Waals surface area contributed by atoms with Crippen molar-refractivity contribution in [1.29, 1.82) is 0 Å². The van der Waals surface area contributed by atoms with Crippen molar-refractivity contribution >= 4 is 12.0 Å². The van der Waals surface area contributed by atoms with Gasteiger partial charge in [-0.25, -0.2) is 9.59 Å². The molecule has 100 valence electrons. The average Bonchev–Trinajstić information content (AvgIpc) is 2.20. The lowest BCUT2D eigenvalue weighted by Gasteiger charge is -2.23. The monoisotopic (exact) mass is 244 g/mol. The Bertz CT molecular complexity index is 271. The molecule has 0 heterocycles. The number of hydrogen-bond acceptors (Lipinski definition) is 2. The Hall–Kier alpha value is -1.26. The van der Waals surface area contributed by atoms with E-state index in [1.165, 1.54) is 0 Å². The highest BCUT2D eigenvalue weighted by atomic mass is 16.4. The fourth-order valence-corrected chi connectivity index (χ4v) is 1.22. The van der Waals surface area contributed by atoms with Gasteiger partial charge < -0.3 is 15.7 Å². The van der Waals surface area contributed by atoms with Crippen molar-refractivity contribution in [1.82, 2.24) is 10.6 Å². The first kappa shape index (κ1) is 15.7. The summed E-state index contributed by atoms with van der Waals surface area (Å²) >= 11 is 0. The summed E-state index contributed by atoms with van der Waals surface area (Å²) in [6.07, 6.45) is 0.705. The van der Waals surface area contributed by atoms with Gasteiger partial charge in [-0.3, -0.25) is 0 Å². The van der Waals surface area contributed by atoms with Crippen LogP contribution in [0.2, 0.25) is 0 Å². The van der Waals surface area contributed by atoms with Crippen molar-refractivity contribution in [3.8, 4) is 0 Å². The molecule has 0 aliphatic rings. The zero-order chi connectivity index (χ0) is 13.6. The molecule has 5 nitrogen and oxygen atoms in total. The molecule has 0 spiro atoms. The minimum atomic E-state index is -0.995. The fourth-order valence-electron chi connectivity index (χ4n) is 1.22. The van der Waals surface area contributed by atoms with Gasteiger partial charge in [0.15, 0.2) is 0 Å². The molecule has 0 aromatic heterocycles. The van der Waals surface area contributed by atoms with E-state index >= 15 is 0 Å². The van der Waals surface area contributed by atoms with E-state index in [0.717, 1.165) is 0 Å². The Balaban J connectivity index is 4.28. The van der Waals surface area contributed by atoms with Crippen LogP contribution in [0.25, 0.3) is 0 Å². The zero-order valence-electron chi connectivity index (χ0n) is 11.3. The van der Waals surface area contributed by atoms with Crippen LogP contribution in [-0.2, 0) is 4.79 Å². The lowest BCUT2D eigenvalue weighted by Crippen LogP contribution is -2.50. The predicted octanol–water partition coefficient (Wildman–Crippen LogP) is 1.83. The summed E-state index contributed by atoms with van der Waals surface area (Å²) < 4.78 is 0. The Kier molecular flexibility index (Phi) is 5.99. The summed E-state index contributed by atoms with van der Waals surface area (Å²) in [5.74, 6) is -1.09. The molecule has 0 unspecified atom stereocenters. The van der Waals surface area contributed by atoms with E-state index < -0.39 is 18.0 Å². The molecule has 0 bridgehead atoms. The van der Waals surface area contributed by atoms with E-state index in [-0.39, 0.29) is 11.3 Å². The second-order valence-electron chi connectivity index (χ2n) is 5.59. The predicted molar refractivity (Wildman–Crippen MR) is 66.9 cm³/mol. The van der Waals surface area contributed by atoms with Crippen LogP contribution in [0.1, 0.15) is 41.0 Å². The van der Waals surface area contributed by atoms with Crippen LogP contribution in [0, 0.1) is 11.3 Å². The van der Waals surface area contributed by atoms with Crippen LogP contribution in [0.4, 0.5) is 4.79 Å². The quantitative estimate of drug-likeness (QED) is 0.690. The summed E-state index contributed by atoms with van der Waals surface area (Å²) in [7, 11) is 0. The second kappa shape index (κ2) is 6.47. The van der Waals surface area contributed by atoms with Gasteiger partial charge in [0.1, 0.15) is 6.04 Å². The first-order valence-electron chi connectivity index (χ1n) is 5.94. The van der Waals surface area contributed by atoms with Gasteiger partial charge in [-0.1, -0.05) is 41.0 Å². The number of rotatable bonds is 5. The molecule has 0 saturated carbocycles. The minimum Gasteiger partial charge on any atom is -0.480 e. The van der Waals surface area contributed by atoms with E-state index in [1.807, 2.05) is 34.6 Å². The van der Waals surface area contributed by atoms with Gasteiger partial charge >= 0.3 is 12.0 Å². The Morgan fingerprint density at radius 3 is 2.18 bits per heavy atom. The van der Waals surface area contributed by atoms with Crippen molar-refractivity contribution in [3.63, 3.8) is 0 Å². The van der Waals surface area contributed by atoms with E-state index in [2.05, 4.69) is 10.6 Å². The van der Waals surface area contributed by atoms with Gasteiger partial charge in [0.25, 0.3) is 0 Å². The molecule has 2 amide bonds. The normalized spacial score (nSPS) is 14.9. The molecule has 0 aliphatic heterocycles. The number of carboxylic acids is 1. The van der Waals surface area contributed by atoms with Gasteiger partial charge in [-0.05, 0) is 11.3 Å². The van der Waals surface area contributed by atoms with Crippen molar-refractivity contribution in [2.45, 2.75) is 47.1 Å². The van der Waals surface area contributed by atoms with Crippen LogP contribution in [0.3, 0.4) is 0 Å². The number of aliphatic carboxylic acids is 1. The van der Waals surface area contributed by atoms with Gasteiger partial charge in [0, 0.05) is 6.54 Å². The summed E-state index contributed by atoms with van der Waals surface area (Å²) in [5.41, 5.74) is -0.0214. The number of urea groups is 1. The molecule has 0 radical (unpaired) electrons. The average molecular weight is 244 g/mol. The number of amides is 2. The van der Waals surface area contributed by atoms with Crippen LogP contribution in [0.15, 0.2) is 0 Å². The summed E-state index contributed by atoms with van der Waals surface area (Å²) in [5, 5.41) is 14.2. The van der Waals surface area contributed by atoms with E-state index in [9.17, 15) is 9.59 Å². The zero-order valence-corrected chi connectivity index (χ0v) is 11.3. The molecular weight excluding hydrogens is 220 g/mol. The highest BCUT2D eigenvalue weighted by Crippen LogP contribution is 2.10. The first-order valence-corrected chi connectivity index (χ1v) is 5.94. The lowest BCUT2D eigenvalue weighted by molar-refractivity contribution is -0.140. The van der Waals surface area contributed by atoms with E-state index in [4.69, 9.17) is 5.11 Å². The topological polar surface area (TPSA) is 78.4 Å². The number of nitrogens with one attached hydrogen (secondary N) is 2. The molecule has 0 aliphatic carbocycles. The van der Waals surface area contributed by atoms with Crippen molar-refractivity contribution < 1.29 is 14.7 Å². The Labute approximate surface area is 103 Å². The van der Waals surface area contributed by atoms with Crippen LogP contribution >= 0.6 is 0 Å². The SMILES string of the molecule is CC[C@H](C)[C@H](NC(=O)NCC(C)(C)C)C(=O)O. The maximum Gasteiger partial charge on any atom is 0.326 e. The molecule has 0 saturated heterocycles. The van der Waals surface area contributed by atoms with Gasteiger partial charge in [-0.15, -0.1) is 0 Å². The maximum atomic E-state index is 11.5. The number of carbonyl (C=O) groups is 2. The number of hydrogen-bond donors (Lipinski definition) is 3. The van der Waals surface area contributed by atoms with Gasteiger partial charge in [0.2, 0.25) is 0 Å². The molecule has 0 aromatic rings. The smallest absolute Gasteiger partial charge is 0.326 e. The standard InChI is InChI=1S/C12H24N2O3/c1-6-8(2)9(10(15)16)14-11(17)13-7-12(3,4)5/h8-9H,6-7H2,1-5H3,(H,15,16)(H2,13,14,17)/t8-,9-/m0/s1. The van der Waals surface area contributed by atoms with Gasteiger partial charge in [0.05, 0.1) is 0 Å². The first-order chi connectivity index (χ1) is 7.67. The van der Waals surface area contributed by atoms with Crippen molar-refractivity contribution in [2.75, 3.05) is 6.54 Å². The van der Waals surface area contributed by atoms with Crippen molar-refractivity contribution in [3.05, 3.63) is 0 Å². The summed E-state index contributed by atoms with van der Waals surface area (Å²) in [6, 6.07) is -1.26. The molecule has 3 N–H and O–H groups in total. The van der Waals surface area contributed by atoms with Crippen LogP contribution < -0.4 is 10.6 Å². The molecule has 2 atom stereocenters. The molecular formula is C12H24N2O3. The maximum absolute atomic E-state index is 11.5. The number of carbonyl (C=O) groups excluding carboxylic acids is 1. The molecule has 17 heavy (non-hydrogen) atoms. The minimum absolute atomic E-state index is 0.0214. The lowest BCUT2D eigenvalue weighted by atomic mass is 9.97. The second-order valence-corrected chi connectivity index (χ2v) is 5.59. The van der Waals surface area contributed by atoms with E-state index in [0.29, 0.717) is 13.0 Å². The van der Waals surface area contributed by atoms with Crippen molar-refractivity contribution in [2.24, 2.45) is 11.3 Å². The molecule has 0 rings (SSSR count). The van der Waals surface area contributed by atoms with Gasteiger partial charge in [-0.2, -0.15) is 0 Å². The molecule has 0 fully saturated rings. The third-order valence-corrected chi connectivity index (χ3v) is 2.54. The molecule has 5 heteroatoms. The van der Waals surface area contributed by atoms with Crippen LogP contribution in [-0.4, -0.2) is 29.7 Å². The summed E-state index contributed by atoms with van der Waals surface area (Å²) in [6.45, 7) is 10.2. The third kappa shape index (κ3) is 6.81. The largest absolute Gasteiger partial charge is 0.480 e. The highest BCUT2D eigenvalue weighted by Gasteiger charge is 2.25. The third-order valence-electron chi connectivity index (χ3n) is 2.54. The number of carboxylic acid groups (broad SMARTS) is 1. The molecule has 0 aromatic carbocycles.